The number of benzene rings is 1. The molecule has 0 spiro atoms. The first-order valence-corrected chi connectivity index (χ1v) is 5.19. The van der Waals surface area contributed by atoms with Crippen molar-refractivity contribution in [3.05, 3.63) is 24.3 Å². The molecular weight excluding hydrogens is 206 g/mol. The molecule has 0 saturated heterocycles. The SMILES string of the molecule is CCC(Nc1ccc(OC)cc1)C(=O)OC. The molecule has 88 valence electrons. The Kier molecular flexibility index (Phi) is 4.64. The van der Waals surface area contributed by atoms with Gasteiger partial charge in [0.1, 0.15) is 11.8 Å². The number of hydrogen-bond donors (Lipinski definition) is 1. The second-order valence-electron chi connectivity index (χ2n) is 3.36. The average Bonchev–Trinajstić information content (AvgIpc) is 2.35. The van der Waals surface area contributed by atoms with Gasteiger partial charge in [0.25, 0.3) is 0 Å². The lowest BCUT2D eigenvalue weighted by Gasteiger charge is -2.15. The highest BCUT2D eigenvalue weighted by Crippen LogP contribution is 2.16. The van der Waals surface area contributed by atoms with Crippen LogP contribution in [-0.4, -0.2) is 26.2 Å². The highest BCUT2D eigenvalue weighted by Gasteiger charge is 2.15. The fourth-order valence-corrected chi connectivity index (χ4v) is 1.36. The van der Waals surface area contributed by atoms with E-state index in [-0.39, 0.29) is 12.0 Å². The van der Waals surface area contributed by atoms with E-state index in [1.165, 1.54) is 7.11 Å². The molecular formula is C12H17NO3. The van der Waals surface area contributed by atoms with Gasteiger partial charge in [-0.15, -0.1) is 0 Å². The van der Waals surface area contributed by atoms with Crippen molar-refractivity contribution in [3.8, 4) is 5.75 Å². The van der Waals surface area contributed by atoms with Crippen LogP contribution < -0.4 is 10.1 Å². The van der Waals surface area contributed by atoms with Gasteiger partial charge in [-0.1, -0.05) is 6.92 Å². The molecule has 16 heavy (non-hydrogen) atoms. The molecule has 0 aliphatic heterocycles. The summed E-state index contributed by atoms with van der Waals surface area (Å²) in [5.74, 6) is 0.537. The lowest BCUT2D eigenvalue weighted by atomic mass is 10.2. The van der Waals surface area contributed by atoms with E-state index < -0.39 is 0 Å². The third-order valence-electron chi connectivity index (χ3n) is 2.32. The van der Waals surface area contributed by atoms with E-state index >= 15 is 0 Å². The van der Waals surface area contributed by atoms with E-state index in [2.05, 4.69) is 5.32 Å². The number of nitrogens with one attached hydrogen (secondary N) is 1. The number of carbonyl (C=O) groups is 1. The lowest BCUT2D eigenvalue weighted by molar-refractivity contribution is -0.141. The third kappa shape index (κ3) is 3.15. The number of anilines is 1. The predicted molar refractivity (Wildman–Crippen MR) is 62.7 cm³/mol. The first kappa shape index (κ1) is 12.4. The summed E-state index contributed by atoms with van der Waals surface area (Å²) in [5.41, 5.74) is 0.873. The number of methoxy groups -OCH3 is 2. The predicted octanol–water partition coefficient (Wildman–Crippen LogP) is 2.06. The van der Waals surface area contributed by atoms with Crippen molar-refractivity contribution in [2.75, 3.05) is 19.5 Å². The van der Waals surface area contributed by atoms with Gasteiger partial charge in [-0.2, -0.15) is 0 Å². The molecule has 1 aromatic rings. The summed E-state index contributed by atoms with van der Waals surface area (Å²) >= 11 is 0. The number of esters is 1. The third-order valence-corrected chi connectivity index (χ3v) is 2.32. The number of ether oxygens (including phenoxy) is 2. The number of carbonyl (C=O) groups excluding carboxylic acids is 1. The normalized spacial score (nSPS) is 11.7. The molecule has 0 amide bonds. The molecule has 1 rings (SSSR count). The smallest absolute Gasteiger partial charge is 0.328 e. The summed E-state index contributed by atoms with van der Waals surface area (Å²) in [4.78, 5) is 11.4. The maximum atomic E-state index is 11.4. The van der Waals surface area contributed by atoms with E-state index in [4.69, 9.17) is 9.47 Å². The van der Waals surface area contributed by atoms with Crippen molar-refractivity contribution in [3.63, 3.8) is 0 Å². The van der Waals surface area contributed by atoms with E-state index in [1.807, 2.05) is 31.2 Å². The Labute approximate surface area is 95.6 Å². The second kappa shape index (κ2) is 6.00. The maximum Gasteiger partial charge on any atom is 0.328 e. The topological polar surface area (TPSA) is 47.6 Å². The van der Waals surface area contributed by atoms with Crippen LogP contribution in [0.4, 0.5) is 5.69 Å². The van der Waals surface area contributed by atoms with Gasteiger partial charge < -0.3 is 14.8 Å². The molecule has 0 heterocycles. The Bertz CT molecular complexity index is 335. The van der Waals surface area contributed by atoms with E-state index in [9.17, 15) is 4.79 Å². The summed E-state index contributed by atoms with van der Waals surface area (Å²) in [6, 6.07) is 7.10. The first-order chi connectivity index (χ1) is 7.71. The summed E-state index contributed by atoms with van der Waals surface area (Å²) in [6.07, 6.45) is 0.679. The molecule has 0 aliphatic rings. The van der Waals surface area contributed by atoms with Gasteiger partial charge in [0.2, 0.25) is 0 Å². The molecule has 1 N–H and O–H groups in total. The number of hydrogen-bond acceptors (Lipinski definition) is 4. The zero-order chi connectivity index (χ0) is 12.0. The molecule has 1 unspecified atom stereocenters. The van der Waals surface area contributed by atoms with Gasteiger partial charge in [0.05, 0.1) is 14.2 Å². The highest BCUT2D eigenvalue weighted by molar-refractivity contribution is 5.79. The van der Waals surface area contributed by atoms with Crippen LogP contribution in [0.5, 0.6) is 5.75 Å². The van der Waals surface area contributed by atoms with Gasteiger partial charge in [-0.05, 0) is 30.7 Å². The fourth-order valence-electron chi connectivity index (χ4n) is 1.36. The van der Waals surface area contributed by atoms with Gasteiger partial charge in [-0.3, -0.25) is 0 Å². The van der Waals surface area contributed by atoms with Crippen molar-refractivity contribution in [1.29, 1.82) is 0 Å². The van der Waals surface area contributed by atoms with Crippen LogP contribution >= 0.6 is 0 Å². The minimum Gasteiger partial charge on any atom is -0.497 e. The van der Waals surface area contributed by atoms with E-state index in [0.717, 1.165) is 11.4 Å². The molecule has 1 atom stereocenters. The molecule has 1 aromatic carbocycles. The van der Waals surface area contributed by atoms with Crippen LogP contribution in [0.1, 0.15) is 13.3 Å². The quantitative estimate of drug-likeness (QED) is 0.776. The van der Waals surface area contributed by atoms with Gasteiger partial charge in [0.15, 0.2) is 0 Å². The second-order valence-corrected chi connectivity index (χ2v) is 3.36. The van der Waals surface area contributed by atoms with Gasteiger partial charge in [-0.25, -0.2) is 4.79 Å². The Morgan fingerprint density at radius 3 is 2.38 bits per heavy atom. The largest absolute Gasteiger partial charge is 0.497 e. The monoisotopic (exact) mass is 223 g/mol. The van der Waals surface area contributed by atoms with Crippen molar-refractivity contribution < 1.29 is 14.3 Å². The van der Waals surface area contributed by atoms with Crippen molar-refractivity contribution in [2.24, 2.45) is 0 Å². The van der Waals surface area contributed by atoms with Gasteiger partial charge >= 0.3 is 5.97 Å². The minimum atomic E-state index is -0.307. The lowest BCUT2D eigenvalue weighted by Crippen LogP contribution is -2.29. The van der Waals surface area contributed by atoms with Crippen molar-refractivity contribution in [2.45, 2.75) is 19.4 Å². The van der Waals surface area contributed by atoms with Crippen LogP contribution in [-0.2, 0) is 9.53 Å². The molecule has 0 aromatic heterocycles. The van der Waals surface area contributed by atoms with Crippen LogP contribution in [0.3, 0.4) is 0 Å². The molecule has 0 bridgehead atoms. The van der Waals surface area contributed by atoms with Crippen molar-refractivity contribution in [1.82, 2.24) is 0 Å². The van der Waals surface area contributed by atoms with Crippen LogP contribution in [0.25, 0.3) is 0 Å². The Hall–Kier alpha value is -1.71. The first-order valence-electron chi connectivity index (χ1n) is 5.19. The molecule has 0 saturated carbocycles. The van der Waals surface area contributed by atoms with Crippen molar-refractivity contribution >= 4 is 11.7 Å². The zero-order valence-electron chi connectivity index (χ0n) is 9.82. The molecule has 4 heteroatoms. The van der Waals surface area contributed by atoms with Crippen LogP contribution in [0.2, 0.25) is 0 Å². The summed E-state index contributed by atoms with van der Waals surface area (Å²) in [6.45, 7) is 1.93. The minimum absolute atomic E-state index is 0.252. The Balaban J connectivity index is 2.66. The summed E-state index contributed by atoms with van der Waals surface area (Å²) in [7, 11) is 3.01. The standard InChI is InChI=1S/C12H17NO3/c1-4-11(12(14)16-3)13-9-5-7-10(15-2)8-6-9/h5-8,11,13H,4H2,1-3H3. The molecule has 0 fully saturated rings. The Morgan fingerprint density at radius 2 is 1.94 bits per heavy atom. The Morgan fingerprint density at radius 1 is 1.31 bits per heavy atom. The van der Waals surface area contributed by atoms with E-state index in [1.54, 1.807) is 7.11 Å². The zero-order valence-corrected chi connectivity index (χ0v) is 9.82. The number of rotatable bonds is 5. The van der Waals surface area contributed by atoms with Crippen LogP contribution in [0, 0.1) is 0 Å². The molecule has 0 radical (unpaired) electrons. The summed E-state index contributed by atoms with van der Waals surface area (Å²) < 4.78 is 9.74. The van der Waals surface area contributed by atoms with Gasteiger partial charge in [0, 0.05) is 5.69 Å². The van der Waals surface area contributed by atoms with Crippen LogP contribution in [0.15, 0.2) is 24.3 Å². The molecule has 4 nitrogen and oxygen atoms in total. The van der Waals surface area contributed by atoms with E-state index in [0.29, 0.717) is 6.42 Å². The fraction of sp³-hybridized carbons (Fsp3) is 0.417. The average molecular weight is 223 g/mol. The highest BCUT2D eigenvalue weighted by atomic mass is 16.5. The maximum absolute atomic E-state index is 11.4. The summed E-state index contributed by atoms with van der Waals surface area (Å²) in [5, 5.41) is 3.10. The molecule has 0 aliphatic carbocycles.